The van der Waals surface area contributed by atoms with Gasteiger partial charge in [-0.15, -0.1) is 0 Å². The number of aryl methyl sites for hydroxylation is 1. The number of fused-ring (bicyclic) bond motifs is 1. The van der Waals surface area contributed by atoms with Crippen LogP contribution in [0.5, 0.6) is 0 Å². The first-order chi connectivity index (χ1) is 8.76. The lowest BCUT2D eigenvalue weighted by atomic mass is 10.2. The third-order valence-corrected chi connectivity index (χ3v) is 3.77. The van der Waals surface area contributed by atoms with Crippen molar-refractivity contribution in [3.05, 3.63) is 23.8 Å². The van der Waals surface area contributed by atoms with Crippen molar-refractivity contribution >= 4 is 28.7 Å². The van der Waals surface area contributed by atoms with Gasteiger partial charge in [-0.25, -0.2) is 4.98 Å². The van der Waals surface area contributed by atoms with Crippen molar-refractivity contribution in [3.63, 3.8) is 0 Å². The van der Waals surface area contributed by atoms with E-state index in [0.29, 0.717) is 11.5 Å². The molecule has 0 saturated heterocycles. The van der Waals surface area contributed by atoms with Crippen LogP contribution in [-0.4, -0.2) is 21.1 Å². The molecule has 2 N–H and O–H groups in total. The molecule has 0 bridgehead atoms. The molecule has 0 radical (unpaired) electrons. The summed E-state index contributed by atoms with van der Waals surface area (Å²) in [5.41, 5.74) is 8.37. The maximum absolute atomic E-state index is 8.93. The minimum atomic E-state index is 0.529. The SMILES string of the molecule is CCSCCCn1c(N)nc2ccc(C#N)cc21. The highest BCUT2D eigenvalue weighted by atomic mass is 32.2. The number of anilines is 1. The van der Waals surface area contributed by atoms with Crippen LogP contribution in [0.1, 0.15) is 18.9 Å². The molecule has 4 nitrogen and oxygen atoms in total. The average Bonchev–Trinajstić information content (AvgIpc) is 2.70. The Morgan fingerprint density at radius 3 is 3.06 bits per heavy atom. The number of benzene rings is 1. The molecule has 0 aliphatic rings. The molecule has 1 aromatic heterocycles. The van der Waals surface area contributed by atoms with Crippen molar-refractivity contribution in [2.45, 2.75) is 19.9 Å². The van der Waals surface area contributed by atoms with Crippen molar-refractivity contribution in [3.8, 4) is 6.07 Å². The van der Waals surface area contributed by atoms with Gasteiger partial charge >= 0.3 is 0 Å². The molecule has 18 heavy (non-hydrogen) atoms. The largest absolute Gasteiger partial charge is 0.369 e. The minimum Gasteiger partial charge on any atom is -0.369 e. The summed E-state index contributed by atoms with van der Waals surface area (Å²) in [6, 6.07) is 7.62. The molecule has 5 heteroatoms. The number of nitrogens with two attached hydrogens (primary N) is 1. The number of nitrogen functional groups attached to an aromatic ring is 1. The van der Waals surface area contributed by atoms with Gasteiger partial charge in [0.25, 0.3) is 0 Å². The number of hydrogen-bond acceptors (Lipinski definition) is 4. The molecule has 1 aromatic carbocycles. The molecule has 0 fully saturated rings. The Bertz CT molecular complexity index is 582. The molecule has 0 aliphatic carbocycles. The van der Waals surface area contributed by atoms with E-state index < -0.39 is 0 Å². The summed E-state index contributed by atoms with van der Waals surface area (Å²) in [7, 11) is 0. The van der Waals surface area contributed by atoms with Crippen LogP contribution in [0.15, 0.2) is 18.2 Å². The number of thioether (sulfide) groups is 1. The first-order valence-electron chi connectivity index (χ1n) is 6.00. The van der Waals surface area contributed by atoms with Crippen LogP contribution in [0, 0.1) is 11.3 Å². The second kappa shape index (κ2) is 5.78. The predicted octanol–water partition coefficient (Wildman–Crippen LogP) is 2.63. The zero-order chi connectivity index (χ0) is 13.0. The molecular weight excluding hydrogens is 244 g/mol. The second-order valence-electron chi connectivity index (χ2n) is 3.99. The monoisotopic (exact) mass is 260 g/mol. The Kier molecular flexibility index (Phi) is 4.11. The molecule has 2 rings (SSSR count). The van der Waals surface area contributed by atoms with Gasteiger partial charge in [0.05, 0.1) is 22.7 Å². The number of rotatable bonds is 5. The summed E-state index contributed by atoms with van der Waals surface area (Å²) < 4.78 is 1.99. The summed E-state index contributed by atoms with van der Waals surface area (Å²) in [6.45, 7) is 3.01. The van der Waals surface area contributed by atoms with Gasteiger partial charge in [-0.05, 0) is 36.1 Å². The second-order valence-corrected chi connectivity index (χ2v) is 5.38. The molecule has 94 valence electrons. The molecular formula is C13H16N4S. The Morgan fingerprint density at radius 2 is 2.33 bits per heavy atom. The smallest absolute Gasteiger partial charge is 0.201 e. The molecule has 2 aromatic rings. The van der Waals surface area contributed by atoms with E-state index in [-0.39, 0.29) is 0 Å². The number of nitrogens with zero attached hydrogens (tertiary/aromatic N) is 3. The van der Waals surface area contributed by atoms with Crippen LogP contribution in [-0.2, 0) is 6.54 Å². The van der Waals surface area contributed by atoms with E-state index in [9.17, 15) is 0 Å². The lowest BCUT2D eigenvalue weighted by Crippen LogP contribution is -2.04. The summed E-state index contributed by atoms with van der Waals surface area (Å²) in [5, 5.41) is 8.93. The van der Waals surface area contributed by atoms with Crippen molar-refractivity contribution < 1.29 is 0 Å². The van der Waals surface area contributed by atoms with Crippen molar-refractivity contribution in [2.24, 2.45) is 0 Å². The lowest BCUT2D eigenvalue weighted by Gasteiger charge is -2.05. The number of aromatic nitrogens is 2. The van der Waals surface area contributed by atoms with Gasteiger partial charge in [0.2, 0.25) is 5.95 Å². The molecule has 0 aliphatic heterocycles. The van der Waals surface area contributed by atoms with Gasteiger partial charge in [-0.1, -0.05) is 6.92 Å². The summed E-state index contributed by atoms with van der Waals surface area (Å²) in [4.78, 5) is 4.31. The Balaban J connectivity index is 2.25. The number of nitriles is 1. The topological polar surface area (TPSA) is 67.6 Å². The van der Waals surface area contributed by atoms with Gasteiger partial charge in [-0.2, -0.15) is 17.0 Å². The highest BCUT2D eigenvalue weighted by Crippen LogP contribution is 2.20. The quantitative estimate of drug-likeness (QED) is 0.839. The first-order valence-corrected chi connectivity index (χ1v) is 7.15. The van der Waals surface area contributed by atoms with Crippen LogP contribution in [0.2, 0.25) is 0 Å². The third-order valence-electron chi connectivity index (χ3n) is 2.78. The lowest BCUT2D eigenvalue weighted by molar-refractivity contribution is 0.712. The number of imidazole rings is 1. The van der Waals surface area contributed by atoms with E-state index in [2.05, 4.69) is 18.0 Å². The molecule has 0 atom stereocenters. The normalized spacial score (nSPS) is 10.7. The summed E-state index contributed by atoms with van der Waals surface area (Å²) >= 11 is 1.92. The fraction of sp³-hybridized carbons (Fsp3) is 0.385. The van der Waals surface area contributed by atoms with Gasteiger partial charge < -0.3 is 10.3 Å². The van der Waals surface area contributed by atoms with Crippen LogP contribution >= 0.6 is 11.8 Å². The predicted molar refractivity (Wildman–Crippen MR) is 76.5 cm³/mol. The van der Waals surface area contributed by atoms with Gasteiger partial charge in [0.1, 0.15) is 0 Å². The van der Waals surface area contributed by atoms with E-state index in [1.807, 2.05) is 28.5 Å². The first kappa shape index (κ1) is 12.8. The average molecular weight is 260 g/mol. The molecule has 0 saturated carbocycles. The van der Waals surface area contributed by atoms with Crippen molar-refractivity contribution in [1.82, 2.24) is 9.55 Å². The van der Waals surface area contributed by atoms with Crippen molar-refractivity contribution in [1.29, 1.82) is 5.26 Å². The standard InChI is InChI=1S/C13H16N4S/c1-2-18-7-3-6-17-12-8-10(9-14)4-5-11(12)16-13(17)15/h4-5,8H,2-3,6-7H2,1H3,(H2,15,16). The fourth-order valence-electron chi connectivity index (χ4n) is 1.91. The highest BCUT2D eigenvalue weighted by molar-refractivity contribution is 7.99. The van der Waals surface area contributed by atoms with E-state index in [4.69, 9.17) is 11.0 Å². The summed E-state index contributed by atoms with van der Waals surface area (Å²) in [5.74, 6) is 2.79. The van der Waals surface area contributed by atoms with Crippen LogP contribution < -0.4 is 5.73 Å². The van der Waals surface area contributed by atoms with Gasteiger partial charge in [0, 0.05) is 6.54 Å². The van der Waals surface area contributed by atoms with Gasteiger partial charge in [0.15, 0.2) is 0 Å². The molecule has 1 heterocycles. The zero-order valence-electron chi connectivity index (χ0n) is 10.4. The van der Waals surface area contributed by atoms with E-state index in [0.717, 1.165) is 35.5 Å². The minimum absolute atomic E-state index is 0.529. The van der Waals surface area contributed by atoms with E-state index in [1.54, 1.807) is 6.07 Å². The van der Waals surface area contributed by atoms with E-state index >= 15 is 0 Å². The van der Waals surface area contributed by atoms with E-state index in [1.165, 1.54) is 0 Å². The van der Waals surface area contributed by atoms with Crippen LogP contribution in [0.25, 0.3) is 11.0 Å². The zero-order valence-corrected chi connectivity index (χ0v) is 11.2. The van der Waals surface area contributed by atoms with Crippen molar-refractivity contribution in [2.75, 3.05) is 17.2 Å². The Hall–Kier alpha value is -1.67. The fourth-order valence-corrected chi connectivity index (χ4v) is 2.54. The third kappa shape index (κ3) is 2.59. The van der Waals surface area contributed by atoms with Crippen LogP contribution in [0.4, 0.5) is 5.95 Å². The summed E-state index contributed by atoms with van der Waals surface area (Å²) in [6.07, 6.45) is 1.06. The number of hydrogen-bond donors (Lipinski definition) is 1. The van der Waals surface area contributed by atoms with Crippen LogP contribution in [0.3, 0.4) is 0 Å². The highest BCUT2D eigenvalue weighted by Gasteiger charge is 2.08. The maximum atomic E-state index is 8.93. The Labute approximate surface area is 111 Å². The maximum Gasteiger partial charge on any atom is 0.201 e. The molecule has 0 unspecified atom stereocenters. The Morgan fingerprint density at radius 1 is 1.50 bits per heavy atom. The molecule has 0 amide bonds. The molecule has 0 spiro atoms. The van der Waals surface area contributed by atoms with Gasteiger partial charge in [-0.3, -0.25) is 0 Å².